The van der Waals surface area contributed by atoms with Gasteiger partial charge in [0.25, 0.3) is 0 Å². The zero-order valence-corrected chi connectivity index (χ0v) is 9.11. The van der Waals surface area contributed by atoms with Crippen LogP contribution < -0.4 is 5.32 Å². The monoisotopic (exact) mass is 173 g/mol. The van der Waals surface area contributed by atoms with Gasteiger partial charge in [-0.05, 0) is 19.9 Å². The molecule has 0 saturated carbocycles. The van der Waals surface area contributed by atoms with Crippen LogP contribution in [0.4, 0.5) is 0 Å². The first-order valence-corrected chi connectivity index (χ1v) is 4.96. The maximum absolute atomic E-state index is 10.9. The molecule has 0 aliphatic heterocycles. The van der Waals surface area contributed by atoms with E-state index < -0.39 is 0 Å². The highest BCUT2D eigenvalue weighted by atomic mass is 16.1. The van der Waals surface area contributed by atoms with Gasteiger partial charge < -0.3 is 5.32 Å². The van der Waals surface area contributed by atoms with Crippen molar-refractivity contribution in [2.45, 2.75) is 53.5 Å². The van der Waals surface area contributed by atoms with Gasteiger partial charge in [-0.25, -0.2) is 0 Å². The Morgan fingerprint density at radius 1 is 1.33 bits per heavy atom. The van der Waals surface area contributed by atoms with Gasteiger partial charge in [-0.3, -0.25) is 4.79 Å². The van der Waals surface area contributed by atoms with E-state index in [1.807, 2.05) is 20.8 Å². The molecule has 0 amide bonds. The number of nitrogens with one attached hydrogen (secondary N) is 1. The molecule has 0 aliphatic carbocycles. The smallest absolute Gasteiger partial charge is 0.146 e. The normalized spacial score (nSPS) is 11.4. The van der Waals surface area contributed by atoms with Gasteiger partial charge in [0.1, 0.15) is 5.78 Å². The van der Waals surface area contributed by atoms with Gasteiger partial charge in [-0.15, -0.1) is 0 Å². The van der Waals surface area contributed by atoms with Crippen molar-refractivity contribution in [3.05, 3.63) is 0 Å². The third kappa shape index (κ3) is 7.73. The molecule has 0 bridgehead atoms. The van der Waals surface area contributed by atoms with Gasteiger partial charge in [0, 0.05) is 0 Å². The Hall–Kier alpha value is -0.370. The average Bonchev–Trinajstić information content (AvgIpc) is 2.08. The van der Waals surface area contributed by atoms with Crippen LogP contribution in [0.1, 0.15) is 47.5 Å². The molecule has 1 N–H and O–H groups in total. The molecule has 0 radical (unpaired) electrons. The summed E-state index contributed by atoms with van der Waals surface area (Å²) >= 11 is 0. The first kappa shape index (κ1) is 14.2. The zero-order valence-electron chi connectivity index (χ0n) is 9.11. The lowest BCUT2D eigenvalue weighted by atomic mass is 10.1. The fourth-order valence-electron chi connectivity index (χ4n) is 0.984. The lowest BCUT2D eigenvalue weighted by Gasteiger charge is -2.12. The summed E-state index contributed by atoms with van der Waals surface area (Å²) in [6.07, 6.45) is 2.03. The second-order valence-corrected chi connectivity index (χ2v) is 2.51. The molecule has 0 aliphatic rings. The van der Waals surface area contributed by atoms with Gasteiger partial charge in [-0.2, -0.15) is 0 Å². The van der Waals surface area contributed by atoms with Crippen LogP contribution in [0, 0.1) is 0 Å². The molecule has 0 rings (SSSR count). The van der Waals surface area contributed by atoms with E-state index in [0.717, 1.165) is 19.4 Å². The quantitative estimate of drug-likeness (QED) is 0.691. The molecule has 1 atom stereocenters. The molecule has 74 valence electrons. The van der Waals surface area contributed by atoms with Crippen LogP contribution in [0.2, 0.25) is 0 Å². The summed E-state index contributed by atoms with van der Waals surface area (Å²) in [5.74, 6) is 0.253. The van der Waals surface area contributed by atoms with Crippen LogP contribution in [0.5, 0.6) is 0 Å². The maximum Gasteiger partial charge on any atom is 0.146 e. The molecule has 0 saturated heterocycles. The van der Waals surface area contributed by atoms with Gasteiger partial charge in [0.15, 0.2) is 0 Å². The molecule has 0 heterocycles. The molecular formula is C10H23NO. The highest BCUT2D eigenvalue weighted by Crippen LogP contribution is 1.96. The van der Waals surface area contributed by atoms with Crippen LogP contribution in [0.25, 0.3) is 0 Å². The number of hydrogen-bond donors (Lipinski definition) is 1. The first-order valence-electron chi connectivity index (χ1n) is 4.96. The number of carbonyl (C=O) groups is 1. The van der Waals surface area contributed by atoms with Crippen LogP contribution in [0.3, 0.4) is 0 Å². The molecule has 1 unspecified atom stereocenters. The number of Topliss-reactive ketones (excluding diaryl/α,β-unsaturated/α-hetero) is 1. The third-order valence-corrected chi connectivity index (χ3v) is 1.52. The Morgan fingerprint density at radius 2 is 1.83 bits per heavy atom. The molecule has 12 heavy (non-hydrogen) atoms. The molecular weight excluding hydrogens is 150 g/mol. The van der Waals surface area contributed by atoms with E-state index in [4.69, 9.17) is 0 Å². The minimum absolute atomic E-state index is 0.0926. The van der Waals surface area contributed by atoms with Crippen molar-refractivity contribution in [3.8, 4) is 0 Å². The first-order chi connectivity index (χ1) is 5.72. The van der Waals surface area contributed by atoms with Gasteiger partial charge in [-0.1, -0.05) is 34.1 Å². The van der Waals surface area contributed by atoms with Crippen LogP contribution in [-0.2, 0) is 4.79 Å². The fraction of sp³-hybridized carbons (Fsp3) is 0.900. The van der Waals surface area contributed by atoms with E-state index in [-0.39, 0.29) is 11.8 Å². The second kappa shape index (κ2) is 10.6. The molecule has 0 fully saturated rings. The Balaban J connectivity index is 0. The lowest BCUT2D eigenvalue weighted by molar-refractivity contribution is -0.119. The van der Waals surface area contributed by atoms with E-state index in [0.29, 0.717) is 0 Å². The Morgan fingerprint density at radius 3 is 2.08 bits per heavy atom. The predicted octanol–water partition coefficient (Wildman–Crippen LogP) is 2.38. The van der Waals surface area contributed by atoms with Crippen molar-refractivity contribution in [3.63, 3.8) is 0 Å². The molecule has 0 aromatic carbocycles. The lowest BCUT2D eigenvalue weighted by Crippen LogP contribution is -2.34. The molecule has 2 heteroatoms. The summed E-state index contributed by atoms with van der Waals surface area (Å²) < 4.78 is 0. The molecule has 0 spiro atoms. The number of rotatable bonds is 5. The van der Waals surface area contributed by atoms with E-state index in [1.165, 1.54) is 0 Å². The SMILES string of the molecule is CC.CCCC(NCC)C(C)=O. The molecule has 0 aromatic heterocycles. The largest absolute Gasteiger partial charge is 0.308 e. The Labute approximate surface area is 76.7 Å². The summed E-state index contributed by atoms with van der Waals surface area (Å²) in [5, 5.41) is 3.13. The Kier molecular flexibility index (Phi) is 12.6. The average molecular weight is 173 g/mol. The van der Waals surface area contributed by atoms with Crippen LogP contribution in [-0.4, -0.2) is 18.4 Å². The number of ketones is 1. The minimum atomic E-state index is 0.0926. The minimum Gasteiger partial charge on any atom is -0.308 e. The van der Waals surface area contributed by atoms with Crippen LogP contribution >= 0.6 is 0 Å². The predicted molar refractivity (Wildman–Crippen MR) is 54.4 cm³/mol. The summed E-state index contributed by atoms with van der Waals surface area (Å²) in [6, 6.07) is 0.0926. The molecule has 2 nitrogen and oxygen atoms in total. The summed E-state index contributed by atoms with van der Waals surface area (Å²) in [6.45, 7) is 10.6. The van der Waals surface area contributed by atoms with Crippen molar-refractivity contribution in [2.24, 2.45) is 0 Å². The summed E-state index contributed by atoms with van der Waals surface area (Å²) in [7, 11) is 0. The third-order valence-electron chi connectivity index (χ3n) is 1.52. The summed E-state index contributed by atoms with van der Waals surface area (Å²) in [5.41, 5.74) is 0. The van der Waals surface area contributed by atoms with E-state index in [1.54, 1.807) is 6.92 Å². The van der Waals surface area contributed by atoms with Gasteiger partial charge in [0.2, 0.25) is 0 Å². The zero-order chi connectivity index (χ0) is 9.98. The number of likely N-dealkylation sites (N-methyl/N-ethyl adjacent to an activating group) is 1. The van der Waals surface area contributed by atoms with Crippen molar-refractivity contribution in [1.29, 1.82) is 0 Å². The highest BCUT2D eigenvalue weighted by Gasteiger charge is 2.09. The van der Waals surface area contributed by atoms with Crippen molar-refractivity contribution in [2.75, 3.05) is 6.54 Å². The second-order valence-electron chi connectivity index (χ2n) is 2.51. The fourth-order valence-corrected chi connectivity index (χ4v) is 0.984. The van der Waals surface area contributed by atoms with E-state index >= 15 is 0 Å². The topological polar surface area (TPSA) is 29.1 Å². The number of hydrogen-bond acceptors (Lipinski definition) is 2. The molecule has 0 aromatic rings. The van der Waals surface area contributed by atoms with Gasteiger partial charge >= 0.3 is 0 Å². The van der Waals surface area contributed by atoms with Crippen LogP contribution in [0.15, 0.2) is 0 Å². The van der Waals surface area contributed by atoms with Crippen molar-refractivity contribution < 1.29 is 4.79 Å². The van der Waals surface area contributed by atoms with Gasteiger partial charge in [0.05, 0.1) is 6.04 Å². The Bertz CT molecular complexity index is 96.0. The van der Waals surface area contributed by atoms with E-state index in [2.05, 4.69) is 12.2 Å². The summed E-state index contributed by atoms with van der Waals surface area (Å²) in [4.78, 5) is 10.9. The highest BCUT2D eigenvalue weighted by molar-refractivity contribution is 5.81. The van der Waals surface area contributed by atoms with Crippen molar-refractivity contribution >= 4 is 5.78 Å². The number of carbonyl (C=O) groups excluding carboxylic acids is 1. The standard InChI is InChI=1S/C8H17NO.C2H6/c1-4-6-8(7(3)10)9-5-2;1-2/h8-9H,4-6H2,1-3H3;1-2H3. The van der Waals surface area contributed by atoms with E-state index in [9.17, 15) is 4.79 Å². The maximum atomic E-state index is 10.9. The van der Waals surface area contributed by atoms with Crippen molar-refractivity contribution in [1.82, 2.24) is 5.32 Å².